The summed E-state index contributed by atoms with van der Waals surface area (Å²) in [5, 5.41) is 12.4. The number of nitrogens with one attached hydrogen (secondary N) is 1. The molecule has 0 saturated heterocycles. The third-order valence-electron chi connectivity index (χ3n) is 4.29. The summed E-state index contributed by atoms with van der Waals surface area (Å²) in [6.45, 7) is 0.422. The smallest absolute Gasteiger partial charge is 0.337 e. The Kier molecular flexibility index (Phi) is 6.57. The van der Waals surface area contributed by atoms with E-state index >= 15 is 0 Å². The van der Waals surface area contributed by atoms with Crippen molar-refractivity contribution in [3.05, 3.63) is 88.2 Å². The molecule has 0 fully saturated rings. The second-order valence-electron chi connectivity index (χ2n) is 6.18. The number of rotatable bonds is 8. The lowest BCUT2D eigenvalue weighted by Gasteiger charge is -2.16. The van der Waals surface area contributed by atoms with Crippen molar-refractivity contribution in [1.29, 1.82) is 0 Å². The van der Waals surface area contributed by atoms with E-state index in [4.69, 9.17) is 26.2 Å². The fourth-order valence-corrected chi connectivity index (χ4v) is 3.05. The van der Waals surface area contributed by atoms with E-state index in [1.165, 1.54) is 19.2 Å². The molecule has 0 aliphatic rings. The molecule has 3 rings (SSSR count). The summed E-state index contributed by atoms with van der Waals surface area (Å²) in [7, 11) is 1.53. The quantitative estimate of drug-likeness (QED) is 0.517. The standard InChI is InChI=1S/C22H19ClFNO4/c1-28-20-8-4-6-14(21(20)29-13-15-5-2-3-7-19(15)24)12-25-16-9-10-17(22(26)27)18(23)11-16/h2-11,25H,12-13H2,1H3,(H,26,27). The number of ether oxygens (including phenoxy) is 2. The van der Waals surface area contributed by atoms with Crippen molar-refractivity contribution in [2.24, 2.45) is 0 Å². The number of anilines is 1. The van der Waals surface area contributed by atoms with Crippen LogP contribution in [0, 0.1) is 5.82 Å². The van der Waals surface area contributed by atoms with Crippen LogP contribution in [-0.2, 0) is 13.2 Å². The number of halogens is 2. The molecule has 7 heteroatoms. The van der Waals surface area contributed by atoms with E-state index in [0.717, 1.165) is 5.56 Å². The summed E-state index contributed by atoms with van der Waals surface area (Å²) in [5.41, 5.74) is 1.92. The molecule has 0 saturated carbocycles. The Bertz CT molecular complexity index is 1030. The van der Waals surface area contributed by atoms with Gasteiger partial charge in [0.1, 0.15) is 12.4 Å². The number of hydrogen-bond acceptors (Lipinski definition) is 4. The Labute approximate surface area is 172 Å². The van der Waals surface area contributed by atoms with Crippen LogP contribution in [0.15, 0.2) is 60.7 Å². The van der Waals surface area contributed by atoms with Crippen molar-refractivity contribution >= 4 is 23.3 Å². The first-order chi connectivity index (χ1) is 14.0. The zero-order valence-corrected chi connectivity index (χ0v) is 16.4. The largest absolute Gasteiger partial charge is 0.493 e. The van der Waals surface area contributed by atoms with Gasteiger partial charge >= 0.3 is 5.97 Å². The fraction of sp³-hybridized carbons (Fsp3) is 0.136. The van der Waals surface area contributed by atoms with Gasteiger partial charge in [-0.05, 0) is 30.3 Å². The number of benzene rings is 3. The molecule has 150 valence electrons. The third kappa shape index (κ3) is 4.97. The lowest BCUT2D eigenvalue weighted by atomic mass is 10.1. The van der Waals surface area contributed by atoms with E-state index in [1.54, 1.807) is 36.4 Å². The van der Waals surface area contributed by atoms with Crippen LogP contribution in [0.1, 0.15) is 21.5 Å². The molecule has 0 bridgehead atoms. The Morgan fingerprint density at radius 3 is 2.55 bits per heavy atom. The van der Waals surface area contributed by atoms with Crippen LogP contribution in [0.25, 0.3) is 0 Å². The van der Waals surface area contributed by atoms with Crippen molar-refractivity contribution in [1.82, 2.24) is 0 Å². The molecule has 3 aromatic rings. The van der Waals surface area contributed by atoms with Gasteiger partial charge < -0.3 is 19.9 Å². The number of carboxylic acid groups (broad SMARTS) is 1. The van der Waals surface area contributed by atoms with E-state index in [2.05, 4.69) is 5.32 Å². The minimum Gasteiger partial charge on any atom is -0.493 e. The van der Waals surface area contributed by atoms with Gasteiger partial charge in [0.15, 0.2) is 11.5 Å². The Morgan fingerprint density at radius 2 is 1.86 bits per heavy atom. The Balaban J connectivity index is 1.78. The van der Waals surface area contributed by atoms with Crippen LogP contribution in [0.2, 0.25) is 5.02 Å². The molecule has 0 unspecified atom stereocenters. The van der Waals surface area contributed by atoms with Gasteiger partial charge in [-0.3, -0.25) is 0 Å². The molecule has 0 aliphatic heterocycles. The zero-order valence-electron chi connectivity index (χ0n) is 15.6. The third-order valence-corrected chi connectivity index (χ3v) is 4.61. The van der Waals surface area contributed by atoms with Crippen molar-refractivity contribution in [2.45, 2.75) is 13.2 Å². The molecule has 0 atom stereocenters. The molecule has 0 spiro atoms. The molecule has 0 aromatic heterocycles. The molecular weight excluding hydrogens is 397 g/mol. The Hall–Kier alpha value is -3.25. The molecule has 0 radical (unpaired) electrons. The highest BCUT2D eigenvalue weighted by Gasteiger charge is 2.13. The maximum atomic E-state index is 13.9. The van der Waals surface area contributed by atoms with Crippen LogP contribution < -0.4 is 14.8 Å². The topological polar surface area (TPSA) is 67.8 Å². The van der Waals surface area contributed by atoms with Gasteiger partial charge in [-0.1, -0.05) is 41.9 Å². The van der Waals surface area contributed by atoms with Crippen LogP contribution in [-0.4, -0.2) is 18.2 Å². The van der Waals surface area contributed by atoms with Crippen molar-refractivity contribution in [3.63, 3.8) is 0 Å². The van der Waals surface area contributed by atoms with Gasteiger partial charge in [-0.2, -0.15) is 0 Å². The highest BCUT2D eigenvalue weighted by atomic mass is 35.5. The number of hydrogen-bond donors (Lipinski definition) is 2. The number of carboxylic acids is 1. The maximum Gasteiger partial charge on any atom is 0.337 e. The van der Waals surface area contributed by atoms with Crippen LogP contribution in [0.3, 0.4) is 0 Å². The molecule has 3 aromatic carbocycles. The van der Waals surface area contributed by atoms with Crippen molar-refractivity contribution in [2.75, 3.05) is 12.4 Å². The molecule has 0 aliphatic carbocycles. The van der Waals surface area contributed by atoms with E-state index in [9.17, 15) is 9.18 Å². The summed E-state index contributed by atoms with van der Waals surface area (Å²) in [6.07, 6.45) is 0. The Morgan fingerprint density at radius 1 is 1.10 bits per heavy atom. The second-order valence-corrected chi connectivity index (χ2v) is 6.59. The van der Waals surface area contributed by atoms with Gasteiger partial charge in [-0.25, -0.2) is 9.18 Å². The van der Waals surface area contributed by atoms with Gasteiger partial charge in [0.25, 0.3) is 0 Å². The first kappa shape index (κ1) is 20.5. The van der Waals surface area contributed by atoms with Gasteiger partial charge in [0.05, 0.1) is 17.7 Å². The monoisotopic (exact) mass is 415 g/mol. The summed E-state index contributed by atoms with van der Waals surface area (Å²) < 4.78 is 25.2. The summed E-state index contributed by atoms with van der Waals surface area (Å²) in [5.74, 6) is -0.396. The van der Waals surface area contributed by atoms with Gasteiger partial charge in [0, 0.05) is 23.4 Å². The number of carbonyl (C=O) groups is 1. The second kappa shape index (κ2) is 9.30. The van der Waals surface area contributed by atoms with Gasteiger partial charge in [0.2, 0.25) is 0 Å². The molecule has 29 heavy (non-hydrogen) atoms. The van der Waals surface area contributed by atoms with Crippen LogP contribution in [0.5, 0.6) is 11.5 Å². The first-order valence-corrected chi connectivity index (χ1v) is 9.16. The lowest BCUT2D eigenvalue weighted by Crippen LogP contribution is -2.06. The molecule has 5 nitrogen and oxygen atoms in total. The summed E-state index contributed by atoms with van der Waals surface area (Å²) >= 11 is 6.02. The average molecular weight is 416 g/mol. The summed E-state index contributed by atoms with van der Waals surface area (Å²) in [6, 6.07) is 16.5. The number of aromatic carboxylic acids is 1. The highest BCUT2D eigenvalue weighted by Crippen LogP contribution is 2.33. The SMILES string of the molecule is COc1cccc(CNc2ccc(C(=O)O)c(Cl)c2)c1OCc1ccccc1F. The molecular formula is C22H19ClFNO4. The summed E-state index contributed by atoms with van der Waals surface area (Å²) in [4.78, 5) is 11.1. The van der Waals surface area contributed by atoms with Crippen LogP contribution >= 0.6 is 11.6 Å². The minimum atomic E-state index is -1.09. The van der Waals surface area contributed by atoms with E-state index in [0.29, 0.717) is 29.3 Å². The van der Waals surface area contributed by atoms with E-state index < -0.39 is 5.97 Å². The number of para-hydroxylation sites is 1. The first-order valence-electron chi connectivity index (χ1n) is 8.78. The maximum absolute atomic E-state index is 13.9. The van der Waals surface area contributed by atoms with Crippen molar-refractivity contribution in [3.8, 4) is 11.5 Å². The molecule has 2 N–H and O–H groups in total. The zero-order chi connectivity index (χ0) is 20.8. The highest BCUT2D eigenvalue weighted by molar-refractivity contribution is 6.33. The average Bonchev–Trinajstić information content (AvgIpc) is 2.71. The van der Waals surface area contributed by atoms with Gasteiger partial charge in [-0.15, -0.1) is 0 Å². The number of methoxy groups -OCH3 is 1. The minimum absolute atomic E-state index is 0.0347. The van der Waals surface area contributed by atoms with E-state index in [-0.39, 0.29) is 23.0 Å². The normalized spacial score (nSPS) is 10.4. The molecule has 0 heterocycles. The predicted octanol–water partition coefficient (Wildman–Crippen LogP) is 5.38. The van der Waals surface area contributed by atoms with Crippen LogP contribution in [0.4, 0.5) is 10.1 Å². The fourth-order valence-electron chi connectivity index (χ4n) is 2.79. The predicted molar refractivity (Wildman–Crippen MR) is 109 cm³/mol. The molecule has 0 amide bonds. The van der Waals surface area contributed by atoms with Crippen molar-refractivity contribution < 1.29 is 23.8 Å². The lowest BCUT2D eigenvalue weighted by molar-refractivity contribution is 0.0697. The van der Waals surface area contributed by atoms with E-state index in [1.807, 2.05) is 12.1 Å².